The van der Waals surface area contributed by atoms with Crippen LogP contribution >= 0.6 is 11.6 Å². The Morgan fingerprint density at radius 2 is 1.81 bits per heavy atom. The number of nitro benzene ring substituents is 1. The molecule has 5 aliphatic rings. The van der Waals surface area contributed by atoms with E-state index < -0.39 is 31.4 Å². The summed E-state index contributed by atoms with van der Waals surface area (Å²) in [6, 6.07) is 21.1. The molecule has 4 atom stereocenters. The SMILES string of the molecule is C[C@H]1CCC(CNc2ccc(S(=O)(=O)NC(=O)c3ccc(N4CCN5CC6=C(c7ccc(Cl)cc7)CC(C)(C)C[C@H]6OCCCOCC5C4)cc3N3CCCOc4nc5[nH]ccc5cc43)cc2[N+](=O)[O-])OC1. The van der Waals surface area contributed by atoms with Gasteiger partial charge in [0.25, 0.3) is 21.6 Å². The number of H-pyrrole nitrogens is 1. The summed E-state index contributed by atoms with van der Waals surface area (Å²) in [6.07, 6.45) is 6.62. The zero-order valence-electron chi connectivity index (χ0n) is 41.0. The van der Waals surface area contributed by atoms with E-state index >= 15 is 0 Å². The van der Waals surface area contributed by atoms with Crippen molar-refractivity contribution in [2.75, 3.05) is 87.4 Å². The number of hydrogen-bond donors (Lipinski definition) is 3. The number of aromatic amines is 1. The number of aromatic nitrogens is 2. The number of hydrogen-bond acceptors (Lipinski definition) is 14. The van der Waals surface area contributed by atoms with Crippen LogP contribution in [0.1, 0.15) is 75.2 Å². The standard InChI is InChI=1S/C53H63ClN8O9S/c1-34-6-12-40(71-32-34)29-56-45-15-13-41(26-47(45)62(64)65)72(66,67)58-51(63)42-14-11-38(25-46(42)61-18-4-22-70-52-48(61)24-36-16-17-55-50(36)57-52)59-19-20-60-31-44-43(35-7-9-37(54)10-8-35)27-53(2,3)28-49(44)69-23-5-21-68-33-39(60)30-59/h7-11,13-17,24-26,34,39-40,49,56H,4-6,12,18-23,27-33H2,1-3H3,(H,55,57)(H,58,63)/t34-,39?,40?,49+/m0/s1. The third kappa shape index (κ3) is 10.9. The lowest BCUT2D eigenvalue weighted by Gasteiger charge is -2.45. The second kappa shape index (κ2) is 21.0. The molecule has 0 spiro atoms. The van der Waals surface area contributed by atoms with Crippen LogP contribution in [0.15, 0.2) is 89.5 Å². The average Bonchev–Trinajstić information content (AvgIpc) is 3.71. The molecule has 2 unspecified atom stereocenters. The molecule has 3 fully saturated rings. The highest BCUT2D eigenvalue weighted by Crippen LogP contribution is 2.46. The summed E-state index contributed by atoms with van der Waals surface area (Å²) in [7, 11) is -4.62. The van der Waals surface area contributed by atoms with Gasteiger partial charge in [0.2, 0.25) is 5.88 Å². The Hall–Kier alpha value is -5.76. The number of allylic oxidation sites excluding steroid dienone is 1. The predicted octanol–water partition coefficient (Wildman–Crippen LogP) is 8.96. The highest BCUT2D eigenvalue weighted by atomic mass is 35.5. The number of sulfonamides is 1. The molecule has 3 N–H and O–H groups in total. The van der Waals surface area contributed by atoms with Crippen molar-refractivity contribution in [2.45, 2.75) is 82.4 Å². The van der Waals surface area contributed by atoms with Crippen molar-refractivity contribution in [2.24, 2.45) is 11.3 Å². The lowest BCUT2D eigenvalue weighted by molar-refractivity contribution is -0.384. The lowest BCUT2D eigenvalue weighted by atomic mass is 9.71. The number of halogens is 1. The predicted molar refractivity (Wildman–Crippen MR) is 278 cm³/mol. The number of benzene rings is 3. The second-order valence-corrected chi connectivity index (χ2v) is 22.7. The lowest BCUT2D eigenvalue weighted by Crippen LogP contribution is -2.56. The van der Waals surface area contributed by atoms with Crippen LogP contribution in [0, 0.1) is 21.4 Å². The van der Waals surface area contributed by atoms with Gasteiger partial charge in [-0.2, -0.15) is 4.98 Å². The van der Waals surface area contributed by atoms with Crippen LogP contribution in [0.25, 0.3) is 16.6 Å². The zero-order chi connectivity index (χ0) is 50.1. The van der Waals surface area contributed by atoms with Crippen LogP contribution in [0.2, 0.25) is 5.02 Å². The molecule has 6 heterocycles. The van der Waals surface area contributed by atoms with E-state index in [1.165, 1.54) is 23.3 Å². The van der Waals surface area contributed by atoms with Crippen molar-refractivity contribution in [3.05, 3.63) is 111 Å². The van der Waals surface area contributed by atoms with Gasteiger partial charge in [-0.05, 0) is 121 Å². The van der Waals surface area contributed by atoms with Gasteiger partial charge in [-0.15, -0.1) is 0 Å². The van der Waals surface area contributed by atoms with E-state index in [1.54, 1.807) is 12.3 Å². The first-order chi connectivity index (χ1) is 34.7. The fourth-order valence-corrected chi connectivity index (χ4v) is 11.9. The Bertz CT molecular complexity index is 2960. The molecule has 10 rings (SSSR count). The van der Waals surface area contributed by atoms with Gasteiger partial charge in [-0.1, -0.05) is 44.5 Å². The van der Waals surface area contributed by atoms with Gasteiger partial charge < -0.3 is 39.0 Å². The van der Waals surface area contributed by atoms with E-state index in [4.69, 9.17) is 35.5 Å². The number of ether oxygens (including phenoxy) is 4. The number of anilines is 4. The van der Waals surface area contributed by atoms with Crippen molar-refractivity contribution in [1.82, 2.24) is 19.6 Å². The minimum absolute atomic E-state index is 0.0106. The summed E-state index contributed by atoms with van der Waals surface area (Å²) >= 11 is 6.38. The van der Waals surface area contributed by atoms with Gasteiger partial charge in [0.15, 0.2) is 0 Å². The minimum atomic E-state index is -4.62. The van der Waals surface area contributed by atoms with Gasteiger partial charge in [0.1, 0.15) is 17.0 Å². The Kier molecular flexibility index (Phi) is 14.5. The first kappa shape index (κ1) is 49.8. The van der Waals surface area contributed by atoms with Crippen molar-refractivity contribution in [3.63, 3.8) is 0 Å². The van der Waals surface area contributed by atoms with Crippen LogP contribution < -0.4 is 24.6 Å². The first-order valence-electron chi connectivity index (χ1n) is 25.1. The van der Waals surface area contributed by atoms with Crippen molar-refractivity contribution < 1.29 is 37.1 Å². The highest BCUT2D eigenvalue weighted by Gasteiger charge is 2.39. The Morgan fingerprint density at radius 3 is 2.61 bits per heavy atom. The zero-order valence-corrected chi connectivity index (χ0v) is 42.6. The molecule has 0 bridgehead atoms. The molecule has 382 valence electrons. The number of nitrogens with one attached hydrogen (secondary N) is 3. The van der Waals surface area contributed by atoms with Gasteiger partial charge in [-0.3, -0.25) is 19.8 Å². The largest absolute Gasteiger partial charge is 0.476 e. The quantitative estimate of drug-likeness (QED) is 0.0886. The van der Waals surface area contributed by atoms with E-state index in [-0.39, 0.29) is 34.9 Å². The molecule has 5 aromatic rings. The molecule has 3 saturated heterocycles. The van der Waals surface area contributed by atoms with E-state index in [2.05, 4.69) is 57.7 Å². The maximum absolute atomic E-state index is 14.6. The number of rotatable bonds is 10. The number of piperazine rings is 1. The Balaban J connectivity index is 0.962. The average molecular weight is 1020 g/mol. The van der Waals surface area contributed by atoms with Gasteiger partial charge >= 0.3 is 0 Å². The molecular weight excluding hydrogens is 960 g/mol. The summed E-state index contributed by atoms with van der Waals surface area (Å²) in [5, 5.41) is 16.9. The molecule has 17 nitrogen and oxygen atoms in total. The van der Waals surface area contributed by atoms with E-state index in [0.29, 0.717) is 99.5 Å². The van der Waals surface area contributed by atoms with Gasteiger partial charge in [-0.25, -0.2) is 13.1 Å². The molecule has 3 aromatic carbocycles. The summed E-state index contributed by atoms with van der Waals surface area (Å²) < 4.78 is 55.6. The van der Waals surface area contributed by atoms with Crippen molar-refractivity contribution in [1.29, 1.82) is 0 Å². The summed E-state index contributed by atoms with van der Waals surface area (Å²) in [5.74, 6) is -0.0788. The third-order valence-corrected chi connectivity index (χ3v) is 16.2. The topological polar surface area (TPSA) is 194 Å². The number of fused-ring (bicyclic) bond motifs is 4. The maximum Gasteiger partial charge on any atom is 0.293 e. The molecule has 2 aromatic heterocycles. The number of pyridine rings is 1. The monoisotopic (exact) mass is 1020 g/mol. The maximum atomic E-state index is 14.6. The van der Waals surface area contributed by atoms with Crippen LogP contribution in [0.3, 0.4) is 0 Å². The molecule has 1 amide bonds. The second-order valence-electron chi connectivity index (χ2n) is 20.6. The van der Waals surface area contributed by atoms with Crippen LogP contribution in [-0.4, -0.2) is 125 Å². The number of carbonyl (C=O) groups is 1. The van der Waals surface area contributed by atoms with Gasteiger partial charge in [0.05, 0.1) is 52.5 Å². The molecule has 19 heteroatoms. The van der Waals surface area contributed by atoms with E-state index in [1.807, 2.05) is 41.3 Å². The fraction of sp³-hybridized carbons (Fsp3) is 0.472. The first-order valence-corrected chi connectivity index (χ1v) is 26.9. The molecule has 0 saturated carbocycles. The number of nitrogens with zero attached hydrogens (tertiary/aromatic N) is 5. The van der Waals surface area contributed by atoms with E-state index in [0.717, 1.165) is 67.9 Å². The molecule has 1 aliphatic carbocycles. The Morgan fingerprint density at radius 1 is 0.958 bits per heavy atom. The third-order valence-electron chi connectivity index (χ3n) is 14.6. The van der Waals surface area contributed by atoms with Crippen molar-refractivity contribution in [3.8, 4) is 5.88 Å². The number of carbonyl (C=O) groups excluding carboxylic acids is 1. The summed E-state index contributed by atoms with van der Waals surface area (Å²) in [5.41, 5.74) is 6.19. The summed E-state index contributed by atoms with van der Waals surface area (Å²) in [6.45, 7) is 12.9. The Labute approximate surface area is 425 Å². The molecule has 0 radical (unpaired) electrons. The molecular formula is C53H63ClN8O9S. The highest BCUT2D eigenvalue weighted by molar-refractivity contribution is 7.90. The number of nitro groups is 1. The summed E-state index contributed by atoms with van der Waals surface area (Å²) in [4.78, 5) is 40.6. The molecule has 72 heavy (non-hydrogen) atoms. The van der Waals surface area contributed by atoms with Crippen LogP contribution in [-0.2, 0) is 24.2 Å². The van der Waals surface area contributed by atoms with Crippen molar-refractivity contribution >= 4 is 72.6 Å². The van der Waals surface area contributed by atoms with Crippen LogP contribution in [0.4, 0.5) is 28.4 Å². The van der Waals surface area contributed by atoms with Gasteiger partial charge in [0, 0.05) is 87.4 Å². The fourth-order valence-electron chi connectivity index (χ4n) is 10.8. The normalized spacial score (nSPS) is 23.2. The minimum Gasteiger partial charge on any atom is -0.476 e. The smallest absolute Gasteiger partial charge is 0.293 e. The van der Waals surface area contributed by atoms with Crippen LogP contribution in [0.5, 0.6) is 5.88 Å². The molecule has 4 aliphatic heterocycles. The number of amides is 1. The van der Waals surface area contributed by atoms with E-state index in [9.17, 15) is 23.3 Å².